The molecule has 18 heavy (non-hydrogen) atoms. The molecule has 0 atom stereocenters. The molecule has 3 N–H and O–H groups in total. The smallest absolute Gasteiger partial charge is 0.263 e. The van der Waals surface area contributed by atoms with Crippen LogP contribution in [-0.4, -0.2) is 16.1 Å². The molecule has 0 saturated carbocycles. The molecule has 0 aliphatic carbocycles. The van der Waals surface area contributed by atoms with E-state index in [-0.39, 0.29) is 17.1 Å². The van der Waals surface area contributed by atoms with E-state index >= 15 is 0 Å². The van der Waals surface area contributed by atoms with E-state index in [0.717, 1.165) is 0 Å². The van der Waals surface area contributed by atoms with E-state index in [1.807, 2.05) is 0 Å². The Morgan fingerprint density at radius 3 is 2.11 bits per heavy atom. The number of amides is 1. The zero-order chi connectivity index (χ0) is 13.1. The standard InChI is InChI=1S/C13H10FNO3/c14-8-4-6-9(7-5-8)15-13(18)12-10(16)2-1-3-11(12)17/h1-7,16-17H,(H,15,18). The molecule has 0 aliphatic heterocycles. The molecule has 2 aromatic carbocycles. The minimum Gasteiger partial charge on any atom is -0.507 e. The number of aromatic hydroxyl groups is 2. The predicted molar refractivity (Wildman–Crippen MR) is 64.1 cm³/mol. The molecule has 4 nitrogen and oxygen atoms in total. The topological polar surface area (TPSA) is 69.6 Å². The number of halogens is 1. The lowest BCUT2D eigenvalue weighted by molar-refractivity contribution is 0.102. The van der Waals surface area contributed by atoms with Crippen LogP contribution in [0.15, 0.2) is 42.5 Å². The van der Waals surface area contributed by atoms with Crippen LogP contribution in [-0.2, 0) is 0 Å². The van der Waals surface area contributed by atoms with Gasteiger partial charge in [0, 0.05) is 5.69 Å². The number of phenolic OH excluding ortho intramolecular Hbond substituents is 2. The Balaban J connectivity index is 2.25. The van der Waals surface area contributed by atoms with Crippen LogP contribution >= 0.6 is 0 Å². The third-order valence-corrected chi connectivity index (χ3v) is 2.35. The molecule has 1 amide bonds. The maximum atomic E-state index is 12.7. The molecule has 0 bridgehead atoms. The molecular weight excluding hydrogens is 237 g/mol. The van der Waals surface area contributed by atoms with Crippen LogP contribution in [0.25, 0.3) is 0 Å². The van der Waals surface area contributed by atoms with E-state index in [1.54, 1.807) is 0 Å². The second kappa shape index (κ2) is 4.75. The fourth-order valence-electron chi connectivity index (χ4n) is 1.49. The van der Waals surface area contributed by atoms with Gasteiger partial charge in [0.05, 0.1) is 0 Å². The molecule has 0 fully saturated rings. The van der Waals surface area contributed by atoms with Crippen LogP contribution in [0.1, 0.15) is 10.4 Å². The number of hydrogen-bond donors (Lipinski definition) is 3. The van der Waals surface area contributed by atoms with Gasteiger partial charge in [0.2, 0.25) is 0 Å². The highest BCUT2D eigenvalue weighted by molar-refractivity contribution is 6.08. The Bertz CT molecular complexity index is 561. The normalized spacial score (nSPS) is 10.1. The summed E-state index contributed by atoms with van der Waals surface area (Å²) >= 11 is 0. The fraction of sp³-hybridized carbons (Fsp3) is 0. The van der Waals surface area contributed by atoms with Gasteiger partial charge in [-0.25, -0.2) is 4.39 Å². The van der Waals surface area contributed by atoms with Crippen molar-refractivity contribution in [1.82, 2.24) is 0 Å². The number of carbonyl (C=O) groups is 1. The summed E-state index contributed by atoms with van der Waals surface area (Å²) in [6.07, 6.45) is 0. The minimum absolute atomic E-state index is 0.221. The van der Waals surface area contributed by atoms with E-state index in [4.69, 9.17) is 0 Å². The Labute approximate surface area is 102 Å². The Morgan fingerprint density at radius 1 is 1.00 bits per heavy atom. The van der Waals surface area contributed by atoms with Crippen molar-refractivity contribution in [3.05, 3.63) is 53.8 Å². The van der Waals surface area contributed by atoms with Gasteiger partial charge in [0.1, 0.15) is 22.9 Å². The molecule has 0 heterocycles. The van der Waals surface area contributed by atoms with Crippen molar-refractivity contribution in [1.29, 1.82) is 0 Å². The first-order valence-corrected chi connectivity index (χ1v) is 5.16. The highest BCUT2D eigenvalue weighted by Gasteiger charge is 2.15. The highest BCUT2D eigenvalue weighted by atomic mass is 19.1. The number of phenols is 2. The number of hydrogen-bond acceptors (Lipinski definition) is 3. The van der Waals surface area contributed by atoms with Crippen LogP contribution in [0.4, 0.5) is 10.1 Å². The second-order valence-electron chi connectivity index (χ2n) is 3.63. The molecule has 0 saturated heterocycles. The maximum absolute atomic E-state index is 12.7. The van der Waals surface area contributed by atoms with E-state index in [0.29, 0.717) is 5.69 Å². The molecule has 92 valence electrons. The summed E-state index contributed by atoms with van der Waals surface area (Å²) in [6.45, 7) is 0. The Morgan fingerprint density at radius 2 is 1.56 bits per heavy atom. The van der Waals surface area contributed by atoms with Crippen molar-refractivity contribution in [2.24, 2.45) is 0 Å². The lowest BCUT2D eigenvalue weighted by atomic mass is 10.1. The molecule has 0 unspecified atom stereocenters. The van der Waals surface area contributed by atoms with E-state index < -0.39 is 11.7 Å². The van der Waals surface area contributed by atoms with Crippen molar-refractivity contribution in [2.45, 2.75) is 0 Å². The van der Waals surface area contributed by atoms with Gasteiger partial charge in [-0.1, -0.05) is 6.07 Å². The van der Waals surface area contributed by atoms with Gasteiger partial charge < -0.3 is 15.5 Å². The van der Waals surface area contributed by atoms with Crippen LogP contribution in [0.3, 0.4) is 0 Å². The van der Waals surface area contributed by atoms with Crippen LogP contribution in [0, 0.1) is 5.82 Å². The van der Waals surface area contributed by atoms with Crippen LogP contribution < -0.4 is 5.32 Å². The highest BCUT2D eigenvalue weighted by Crippen LogP contribution is 2.27. The van der Waals surface area contributed by atoms with Gasteiger partial charge in [-0.15, -0.1) is 0 Å². The molecule has 2 rings (SSSR count). The number of nitrogens with one attached hydrogen (secondary N) is 1. The molecule has 0 spiro atoms. The maximum Gasteiger partial charge on any atom is 0.263 e. The molecule has 0 radical (unpaired) electrons. The van der Waals surface area contributed by atoms with Crippen LogP contribution in [0.5, 0.6) is 11.5 Å². The lowest BCUT2D eigenvalue weighted by Gasteiger charge is -2.08. The van der Waals surface area contributed by atoms with Gasteiger partial charge in [-0.2, -0.15) is 0 Å². The summed E-state index contributed by atoms with van der Waals surface area (Å²) in [4.78, 5) is 11.8. The SMILES string of the molecule is O=C(Nc1ccc(F)cc1)c1c(O)cccc1O. The summed E-state index contributed by atoms with van der Waals surface area (Å²) < 4.78 is 12.7. The Hall–Kier alpha value is -2.56. The summed E-state index contributed by atoms with van der Waals surface area (Å²) in [7, 11) is 0. The summed E-state index contributed by atoms with van der Waals surface area (Å²) in [6, 6.07) is 9.15. The molecular formula is C13H10FNO3. The fourth-order valence-corrected chi connectivity index (χ4v) is 1.49. The third kappa shape index (κ3) is 2.40. The average Bonchev–Trinajstić information content (AvgIpc) is 2.32. The van der Waals surface area contributed by atoms with E-state index in [2.05, 4.69) is 5.32 Å². The quantitative estimate of drug-likeness (QED) is 0.763. The third-order valence-electron chi connectivity index (χ3n) is 2.35. The van der Waals surface area contributed by atoms with Crippen molar-refractivity contribution >= 4 is 11.6 Å². The van der Waals surface area contributed by atoms with Gasteiger partial charge in [0.15, 0.2) is 0 Å². The van der Waals surface area contributed by atoms with Gasteiger partial charge in [-0.3, -0.25) is 4.79 Å². The average molecular weight is 247 g/mol. The van der Waals surface area contributed by atoms with Crippen molar-refractivity contribution in [3.8, 4) is 11.5 Å². The van der Waals surface area contributed by atoms with Crippen molar-refractivity contribution in [2.75, 3.05) is 5.32 Å². The molecule has 0 aromatic heterocycles. The molecule has 5 heteroatoms. The second-order valence-corrected chi connectivity index (χ2v) is 3.63. The number of benzene rings is 2. The Kier molecular flexibility index (Phi) is 3.14. The van der Waals surface area contributed by atoms with Gasteiger partial charge in [0.25, 0.3) is 5.91 Å². The van der Waals surface area contributed by atoms with Gasteiger partial charge in [-0.05, 0) is 36.4 Å². The zero-order valence-corrected chi connectivity index (χ0v) is 9.22. The first-order chi connectivity index (χ1) is 8.58. The van der Waals surface area contributed by atoms with Crippen molar-refractivity contribution in [3.63, 3.8) is 0 Å². The van der Waals surface area contributed by atoms with Gasteiger partial charge >= 0.3 is 0 Å². The number of rotatable bonds is 2. The van der Waals surface area contributed by atoms with Crippen molar-refractivity contribution < 1.29 is 19.4 Å². The first kappa shape index (κ1) is 11.9. The predicted octanol–water partition coefficient (Wildman–Crippen LogP) is 2.49. The summed E-state index contributed by atoms with van der Waals surface area (Å²) in [5.41, 5.74) is 0.144. The van der Waals surface area contributed by atoms with Crippen LogP contribution in [0.2, 0.25) is 0 Å². The number of carbonyl (C=O) groups excluding carboxylic acids is 1. The first-order valence-electron chi connectivity index (χ1n) is 5.16. The lowest BCUT2D eigenvalue weighted by Crippen LogP contribution is -2.12. The largest absolute Gasteiger partial charge is 0.507 e. The minimum atomic E-state index is -0.669. The molecule has 0 aliphatic rings. The zero-order valence-electron chi connectivity index (χ0n) is 9.22. The monoisotopic (exact) mass is 247 g/mol. The molecule has 2 aromatic rings. The summed E-state index contributed by atoms with van der Waals surface area (Å²) in [5.74, 6) is -1.74. The summed E-state index contributed by atoms with van der Waals surface area (Å²) in [5, 5.41) is 21.4. The van der Waals surface area contributed by atoms with E-state index in [9.17, 15) is 19.4 Å². The van der Waals surface area contributed by atoms with E-state index in [1.165, 1.54) is 42.5 Å². The number of anilines is 1.